The van der Waals surface area contributed by atoms with Crippen molar-refractivity contribution in [3.8, 4) is 0 Å². The highest BCUT2D eigenvalue weighted by Crippen LogP contribution is 2.31. The van der Waals surface area contributed by atoms with Crippen molar-refractivity contribution in [1.82, 2.24) is 20.1 Å². The fourth-order valence-electron chi connectivity index (χ4n) is 3.40. The monoisotopic (exact) mass is 394 g/mol. The van der Waals surface area contributed by atoms with Crippen LogP contribution in [0, 0.1) is 0 Å². The first-order chi connectivity index (χ1) is 13.4. The summed E-state index contributed by atoms with van der Waals surface area (Å²) in [7, 11) is 1.90. The molecule has 6 nitrogen and oxygen atoms in total. The molecule has 0 aliphatic carbocycles. The lowest BCUT2D eigenvalue weighted by molar-refractivity contribution is -0.132. The van der Waals surface area contributed by atoms with E-state index in [9.17, 15) is 9.59 Å². The van der Waals surface area contributed by atoms with Crippen LogP contribution in [0.3, 0.4) is 0 Å². The number of nitrogens with zero attached hydrogens (tertiary/aromatic N) is 3. The van der Waals surface area contributed by atoms with Crippen molar-refractivity contribution in [2.45, 2.75) is 25.4 Å². The van der Waals surface area contributed by atoms with E-state index in [4.69, 9.17) is 4.98 Å². The van der Waals surface area contributed by atoms with Gasteiger partial charge in [0.1, 0.15) is 10.5 Å². The van der Waals surface area contributed by atoms with Gasteiger partial charge in [-0.25, -0.2) is 14.7 Å². The normalized spacial score (nSPS) is 20.8. The Bertz CT molecular complexity index is 1000. The third-order valence-electron chi connectivity index (χ3n) is 5.32. The van der Waals surface area contributed by atoms with Gasteiger partial charge in [-0.2, -0.15) is 0 Å². The topological polar surface area (TPSA) is 65.5 Å². The summed E-state index contributed by atoms with van der Waals surface area (Å²) in [4.78, 5) is 33.6. The molecule has 1 fully saturated rings. The highest BCUT2D eigenvalue weighted by atomic mass is 32.1. The lowest BCUT2D eigenvalue weighted by Crippen LogP contribution is -2.43. The summed E-state index contributed by atoms with van der Waals surface area (Å²) < 4.78 is 1.13. The Labute approximate surface area is 167 Å². The van der Waals surface area contributed by atoms with E-state index in [1.54, 1.807) is 18.3 Å². The zero-order chi connectivity index (χ0) is 19.9. The Morgan fingerprint density at radius 1 is 1.14 bits per heavy atom. The van der Waals surface area contributed by atoms with Crippen LogP contribution in [0.15, 0.2) is 54.6 Å². The first-order valence-corrected chi connectivity index (χ1v) is 9.97. The van der Waals surface area contributed by atoms with Gasteiger partial charge in [0, 0.05) is 0 Å². The molecule has 1 saturated heterocycles. The number of benzene rings is 2. The van der Waals surface area contributed by atoms with Crippen LogP contribution in [-0.4, -0.2) is 40.4 Å². The molecule has 3 aromatic rings. The molecular formula is C21H22N4O2S. The van der Waals surface area contributed by atoms with Crippen LogP contribution in [-0.2, 0) is 10.3 Å². The SMILES string of the molecule is C[C@@H](c1nc2ccccc2s1)N(C)CN1C(=O)N[C@](C)(c2ccccc2)C1=O. The predicted molar refractivity (Wildman–Crippen MR) is 110 cm³/mol. The van der Waals surface area contributed by atoms with Gasteiger partial charge >= 0.3 is 6.03 Å². The Morgan fingerprint density at radius 2 is 1.82 bits per heavy atom. The maximum atomic E-state index is 13.1. The number of hydrogen-bond acceptors (Lipinski definition) is 5. The number of aromatic nitrogens is 1. The number of rotatable bonds is 5. The minimum Gasteiger partial charge on any atom is -0.319 e. The number of thiazole rings is 1. The maximum absolute atomic E-state index is 13.1. The summed E-state index contributed by atoms with van der Waals surface area (Å²) in [6.07, 6.45) is 0. The Kier molecular flexibility index (Phi) is 4.64. The zero-order valence-electron chi connectivity index (χ0n) is 16.0. The largest absolute Gasteiger partial charge is 0.326 e. The molecular weight excluding hydrogens is 372 g/mol. The number of amides is 3. The predicted octanol–water partition coefficient (Wildman–Crippen LogP) is 3.71. The number of hydrogen-bond donors (Lipinski definition) is 1. The van der Waals surface area contributed by atoms with E-state index in [1.165, 1.54) is 4.90 Å². The zero-order valence-corrected chi connectivity index (χ0v) is 16.9. The molecule has 0 spiro atoms. The Balaban J connectivity index is 1.53. The molecule has 1 N–H and O–H groups in total. The minimum absolute atomic E-state index is 0.0263. The van der Waals surface area contributed by atoms with Crippen molar-refractivity contribution >= 4 is 33.5 Å². The second-order valence-corrected chi connectivity index (χ2v) is 8.31. The first-order valence-electron chi connectivity index (χ1n) is 9.15. The molecule has 0 radical (unpaired) electrons. The molecule has 0 unspecified atom stereocenters. The fraction of sp³-hybridized carbons (Fsp3) is 0.286. The van der Waals surface area contributed by atoms with Crippen LogP contribution in [0.2, 0.25) is 0 Å². The second-order valence-electron chi connectivity index (χ2n) is 7.25. The Hall–Kier alpha value is -2.77. The smallest absolute Gasteiger partial charge is 0.319 e. The van der Waals surface area contributed by atoms with Gasteiger partial charge in [-0.15, -0.1) is 11.3 Å². The number of fused-ring (bicyclic) bond motifs is 1. The van der Waals surface area contributed by atoms with Crippen molar-refractivity contribution in [2.24, 2.45) is 0 Å². The second kappa shape index (κ2) is 7.00. The molecule has 2 heterocycles. The van der Waals surface area contributed by atoms with Gasteiger partial charge in [0.25, 0.3) is 5.91 Å². The van der Waals surface area contributed by atoms with Crippen molar-refractivity contribution in [3.63, 3.8) is 0 Å². The van der Waals surface area contributed by atoms with Crippen molar-refractivity contribution in [1.29, 1.82) is 0 Å². The molecule has 1 aliphatic heterocycles. The van der Waals surface area contributed by atoms with Crippen molar-refractivity contribution in [2.75, 3.05) is 13.7 Å². The quantitative estimate of drug-likeness (QED) is 0.670. The molecule has 144 valence electrons. The van der Waals surface area contributed by atoms with Gasteiger partial charge in [0.2, 0.25) is 0 Å². The van der Waals surface area contributed by atoms with E-state index >= 15 is 0 Å². The standard InChI is InChI=1S/C21H22N4O2S/c1-14(18-22-16-11-7-8-12-17(16)28-18)24(3)13-25-19(26)21(2,23-20(25)27)15-9-5-4-6-10-15/h4-12,14H,13H2,1-3H3,(H,23,27)/t14-,21+/m0/s1. The summed E-state index contributed by atoms with van der Waals surface area (Å²) in [6.45, 7) is 3.98. The van der Waals surface area contributed by atoms with E-state index < -0.39 is 5.54 Å². The number of carbonyl (C=O) groups is 2. The number of carbonyl (C=O) groups excluding carboxylic acids is 2. The molecule has 2 aromatic carbocycles. The molecule has 2 atom stereocenters. The van der Waals surface area contributed by atoms with E-state index in [0.717, 1.165) is 20.8 Å². The van der Waals surface area contributed by atoms with Crippen LogP contribution >= 0.6 is 11.3 Å². The molecule has 1 aromatic heterocycles. The molecule has 1 aliphatic rings. The van der Waals surface area contributed by atoms with Crippen LogP contribution in [0.5, 0.6) is 0 Å². The highest BCUT2D eigenvalue weighted by Gasteiger charge is 2.49. The molecule has 3 amide bonds. The molecule has 7 heteroatoms. The number of nitrogens with one attached hydrogen (secondary N) is 1. The van der Waals surface area contributed by atoms with Crippen LogP contribution in [0.25, 0.3) is 10.2 Å². The molecule has 4 rings (SSSR count). The van der Waals surface area contributed by atoms with Gasteiger partial charge in [-0.1, -0.05) is 42.5 Å². The van der Waals surface area contributed by atoms with Gasteiger partial charge < -0.3 is 5.32 Å². The summed E-state index contributed by atoms with van der Waals surface area (Å²) >= 11 is 1.63. The Morgan fingerprint density at radius 3 is 2.54 bits per heavy atom. The third-order valence-corrected chi connectivity index (χ3v) is 6.53. The van der Waals surface area contributed by atoms with E-state index in [1.807, 2.05) is 73.5 Å². The van der Waals surface area contributed by atoms with Crippen LogP contribution in [0.4, 0.5) is 4.79 Å². The average Bonchev–Trinajstić information content (AvgIpc) is 3.23. The van der Waals surface area contributed by atoms with Gasteiger partial charge in [0.05, 0.1) is 22.9 Å². The number of para-hydroxylation sites is 1. The van der Waals surface area contributed by atoms with E-state index in [0.29, 0.717) is 0 Å². The van der Waals surface area contributed by atoms with Gasteiger partial charge in [-0.3, -0.25) is 9.69 Å². The fourth-order valence-corrected chi connectivity index (χ4v) is 4.48. The molecule has 0 saturated carbocycles. The number of urea groups is 1. The number of imide groups is 1. The summed E-state index contributed by atoms with van der Waals surface area (Å²) in [5.41, 5.74) is 0.699. The van der Waals surface area contributed by atoms with Crippen molar-refractivity contribution < 1.29 is 9.59 Å². The van der Waals surface area contributed by atoms with E-state index in [-0.39, 0.29) is 24.6 Å². The molecule has 0 bridgehead atoms. The summed E-state index contributed by atoms with van der Waals surface area (Å²) in [5, 5.41) is 3.81. The minimum atomic E-state index is -1.04. The lowest BCUT2D eigenvalue weighted by atomic mass is 9.92. The molecule has 28 heavy (non-hydrogen) atoms. The average molecular weight is 395 g/mol. The maximum Gasteiger partial charge on any atom is 0.326 e. The lowest BCUT2D eigenvalue weighted by Gasteiger charge is -2.27. The first kappa shape index (κ1) is 18.6. The highest BCUT2D eigenvalue weighted by molar-refractivity contribution is 7.18. The van der Waals surface area contributed by atoms with Crippen LogP contribution < -0.4 is 5.32 Å². The van der Waals surface area contributed by atoms with Gasteiger partial charge in [0.15, 0.2) is 0 Å². The summed E-state index contributed by atoms with van der Waals surface area (Å²) in [5.74, 6) is -0.243. The van der Waals surface area contributed by atoms with Gasteiger partial charge in [-0.05, 0) is 38.6 Å². The third kappa shape index (κ3) is 3.06. The van der Waals surface area contributed by atoms with E-state index in [2.05, 4.69) is 5.32 Å². The van der Waals surface area contributed by atoms with Crippen molar-refractivity contribution in [3.05, 3.63) is 65.2 Å². The van der Waals surface area contributed by atoms with Crippen LogP contribution in [0.1, 0.15) is 30.5 Å². The summed E-state index contributed by atoms with van der Waals surface area (Å²) in [6, 6.07) is 16.9.